The molecule has 2 aliphatic rings. The van der Waals surface area contributed by atoms with Crippen LogP contribution in [-0.4, -0.2) is 31.2 Å². The Labute approximate surface area is 66.3 Å². The molecule has 2 saturated carbocycles. The van der Waals surface area contributed by atoms with E-state index in [0.717, 1.165) is 12.3 Å². The lowest BCUT2D eigenvalue weighted by Crippen LogP contribution is -2.27. The van der Waals surface area contributed by atoms with Gasteiger partial charge in [0, 0.05) is 7.11 Å². The van der Waals surface area contributed by atoms with Gasteiger partial charge in [-0.05, 0) is 24.7 Å². The molecular weight excluding hydrogens is 144 g/mol. The largest absolute Gasteiger partial charge is 0.390 e. The van der Waals surface area contributed by atoms with E-state index in [-0.39, 0.29) is 12.2 Å². The highest BCUT2D eigenvalue weighted by Crippen LogP contribution is 2.52. The van der Waals surface area contributed by atoms with Crippen LogP contribution in [0.5, 0.6) is 0 Å². The van der Waals surface area contributed by atoms with Crippen LogP contribution < -0.4 is 0 Å². The molecule has 11 heavy (non-hydrogen) atoms. The first-order valence-electron chi connectivity index (χ1n) is 4.11. The highest BCUT2D eigenvalue weighted by Gasteiger charge is 2.53. The minimum atomic E-state index is -0.242. The van der Waals surface area contributed by atoms with Gasteiger partial charge in [0.05, 0.1) is 12.2 Å². The van der Waals surface area contributed by atoms with Crippen molar-refractivity contribution in [1.82, 2.24) is 0 Å². The number of fused-ring (bicyclic) bond motifs is 1. The standard InChI is InChI=1S/C8H14O3/c1-10-4-11-8-6-2-5(6)3-7(8)9/h5-9H,2-4H2,1H3. The predicted molar refractivity (Wildman–Crippen MR) is 39.0 cm³/mol. The van der Waals surface area contributed by atoms with E-state index in [4.69, 9.17) is 9.47 Å². The van der Waals surface area contributed by atoms with E-state index in [9.17, 15) is 5.11 Å². The second-order valence-electron chi connectivity index (χ2n) is 3.50. The Bertz CT molecular complexity index is 146. The van der Waals surface area contributed by atoms with Crippen molar-refractivity contribution in [3.05, 3.63) is 0 Å². The minimum Gasteiger partial charge on any atom is -0.390 e. The Kier molecular flexibility index (Phi) is 1.87. The normalized spacial score (nSPS) is 47.5. The molecule has 2 fully saturated rings. The Morgan fingerprint density at radius 2 is 2.27 bits per heavy atom. The zero-order chi connectivity index (χ0) is 7.84. The summed E-state index contributed by atoms with van der Waals surface area (Å²) in [7, 11) is 1.60. The van der Waals surface area contributed by atoms with E-state index in [2.05, 4.69) is 0 Å². The molecule has 0 amide bonds. The van der Waals surface area contributed by atoms with Gasteiger partial charge in [0.15, 0.2) is 0 Å². The fraction of sp³-hybridized carbons (Fsp3) is 1.00. The number of ether oxygens (including phenoxy) is 2. The summed E-state index contributed by atoms with van der Waals surface area (Å²) in [6.45, 7) is 0.310. The van der Waals surface area contributed by atoms with Crippen molar-refractivity contribution < 1.29 is 14.6 Å². The highest BCUT2D eigenvalue weighted by molar-refractivity contribution is 5.03. The van der Waals surface area contributed by atoms with Gasteiger partial charge in [-0.2, -0.15) is 0 Å². The van der Waals surface area contributed by atoms with Gasteiger partial charge < -0.3 is 14.6 Å². The molecule has 2 rings (SSSR count). The summed E-state index contributed by atoms with van der Waals surface area (Å²) in [5, 5.41) is 9.44. The molecule has 0 aliphatic heterocycles. The molecule has 0 aromatic carbocycles. The highest BCUT2D eigenvalue weighted by atomic mass is 16.7. The van der Waals surface area contributed by atoms with Crippen molar-refractivity contribution in [2.24, 2.45) is 11.8 Å². The van der Waals surface area contributed by atoms with Crippen molar-refractivity contribution in [2.75, 3.05) is 13.9 Å². The van der Waals surface area contributed by atoms with Crippen LogP contribution >= 0.6 is 0 Å². The topological polar surface area (TPSA) is 38.7 Å². The van der Waals surface area contributed by atoms with E-state index in [1.165, 1.54) is 6.42 Å². The SMILES string of the molecule is COCOC1C(O)CC2CC21. The maximum absolute atomic E-state index is 9.44. The van der Waals surface area contributed by atoms with Crippen molar-refractivity contribution in [3.63, 3.8) is 0 Å². The van der Waals surface area contributed by atoms with Gasteiger partial charge in [-0.25, -0.2) is 0 Å². The molecule has 0 bridgehead atoms. The molecule has 0 saturated heterocycles. The summed E-state index contributed by atoms with van der Waals surface area (Å²) in [6.07, 6.45) is 1.98. The maximum Gasteiger partial charge on any atom is 0.146 e. The van der Waals surface area contributed by atoms with Gasteiger partial charge in [-0.1, -0.05) is 0 Å². The lowest BCUT2D eigenvalue weighted by atomic mass is 10.2. The van der Waals surface area contributed by atoms with Crippen molar-refractivity contribution >= 4 is 0 Å². The zero-order valence-electron chi connectivity index (χ0n) is 6.69. The van der Waals surface area contributed by atoms with Gasteiger partial charge >= 0.3 is 0 Å². The maximum atomic E-state index is 9.44. The average molecular weight is 158 g/mol. The molecule has 1 N–H and O–H groups in total. The van der Waals surface area contributed by atoms with E-state index in [1.807, 2.05) is 0 Å². The number of aliphatic hydroxyl groups excluding tert-OH is 1. The van der Waals surface area contributed by atoms with Crippen LogP contribution in [0.3, 0.4) is 0 Å². The lowest BCUT2D eigenvalue weighted by molar-refractivity contribution is -0.110. The third-order valence-corrected chi connectivity index (χ3v) is 2.70. The summed E-state index contributed by atoms with van der Waals surface area (Å²) >= 11 is 0. The smallest absolute Gasteiger partial charge is 0.146 e. The van der Waals surface area contributed by atoms with Crippen LogP contribution in [0.25, 0.3) is 0 Å². The first-order chi connectivity index (χ1) is 5.33. The first-order valence-corrected chi connectivity index (χ1v) is 4.11. The van der Waals surface area contributed by atoms with E-state index < -0.39 is 0 Å². The van der Waals surface area contributed by atoms with Crippen LogP contribution in [0.15, 0.2) is 0 Å². The summed E-state index contributed by atoms with van der Waals surface area (Å²) < 4.78 is 10.1. The molecular formula is C8H14O3. The third-order valence-electron chi connectivity index (χ3n) is 2.70. The van der Waals surface area contributed by atoms with Crippen molar-refractivity contribution in [3.8, 4) is 0 Å². The molecule has 0 aromatic heterocycles. The molecule has 0 spiro atoms. The Morgan fingerprint density at radius 3 is 2.82 bits per heavy atom. The molecule has 2 aliphatic carbocycles. The van der Waals surface area contributed by atoms with E-state index in [0.29, 0.717) is 12.7 Å². The number of hydrogen-bond acceptors (Lipinski definition) is 3. The summed E-state index contributed by atoms with van der Waals surface area (Å²) in [5.41, 5.74) is 0. The molecule has 3 heteroatoms. The fourth-order valence-corrected chi connectivity index (χ4v) is 2.06. The minimum absolute atomic E-state index is 0.0555. The van der Waals surface area contributed by atoms with Gasteiger partial charge in [-0.3, -0.25) is 0 Å². The molecule has 4 unspecified atom stereocenters. The van der Waals surface area contributed by atoms with Gasteiger partial charge in [0.25, 0.3) is 0 Å². The van der Waals surface area contributed by atoms with Crippen LogP contribution in [0.2, 0.25) is 0 Å². The van der Waals surface area contributed by atoms with Crippen LogP contribution in [-0.2, 0) is 9.47 Å². The zero-order valence-corrected chi connectivity index (χ0v) is 6.69. The number of hydrogen-bond donors (Lipinski definition) is 1. The van der Waals surface area contributed by atoms with Gasteiger partial charge in [0.1, 0.15) is 6.79 Å². The second kappa shape index (κ2) is 2.73. The summed E-state index contributed by atoms with van der Waals surface area (Å²) in [5.74, 6) is 1.37. The summed E-state index contributed by atoms with van der Waals surface area (Å²) in [4.78, 5) is 0. The second-order valence-corrected chi connectivity index (χ2v) is 3.50. The van der Waals surface area contributed by atoms with Gasteiger partial charge in [0.2, 0.25) is 0 Å². The lowest BCUT2D eigenvalue weighted by Gasteiger charge is -2.17. The Morgan fingerprint density at radius 1 is 1.45 bits per heavy atom. The molecule has 0 radical (unpaired) electrons. The molecule has 0 heterocycles. The number of rotatable bonds is 3. The van der Waals surface area contributed by atoms with E-state index in [1.54, 1.807) is 7.11 Å². The average Bonchev–Trinajstić information content (AvgIpc) is 2.64. The molecule has 64 valence electrons. The Balaban J connectivity index is 1.81. The first kappa shape index (κ1) is 7.53. The third kappa shape index (κ3) is 1.28. The van der Waals surface area contributed by atoms with Crippen molar-refractivity contribution in [1.29, 1.82) is 0 Å². The van der Waals surface area contributed by atoms with Gasteiger partial charge in [-0.15, -0.1) is 0 Å². The monoisotopic (exact) mass is 158 g/mol. The van der Waals surface area contributed by atoms with Crippen LogP contribution in [0.1, 0.15) is 12.8 Å². The number of aliphatic hydroxyl groups is 1. The summed E-state index contributed by atoms with van der Waals surface area (Å²) in [6, 6.07) is 0. The van der Waals surface area contributed by atoms with Crippen LogP contribution in [0.4, 0.5) is 0 Å². The number of methoxy groups -OCH3 is 1. The Hall–Kier alpha value is -0.120. The quantitative estimate of drug-likeness (QED) is 0.603. The van der Waals surface area contributed by atoms with E-state index >= 15 is 0 Å². The molecule has 3 nitrogen and oxygen atoms in total. The van der Waals surface area contributed by atoms with Crippen molar-refractivity contribution in [2.45, 2.75) is 25.0 Å². The fourth-order valence-electron chi connectivity index (χ4n) is 2.06. The molecule has 4 atom stereocenters. The predicted octanol–water partition coefficient (Wildman–Crippen LogP) is 0.376. The molecule has 0 aromatic rings. The van der Waals surface area contributed by atoms with Crippen LogP contribution in [0, 0.1) is 11.8 Å².